The van der Waals surface area contributed by atoms with Crippen molar-refractivity contribution in [3.8, 4) is 0 Å². The molecule has 0 aliphatic carbocycles. The highest BCUT2D eigenvalue weighted by atomic mass is 16.6. The molecule has 0 aromatic heterocycles. The lowest BCUT2D eigenvalue weighted by molar-refractivity contribution is -0.101. The maximum atomic E-state index is 13.0. The van der Waals surface area contributed by atoms with Crippen LogP contribution in [0.25, 0.3) is 0 Å². The molecule has 2 aromatic carbocycles. The van der Waals surface area contributed by atoms with Gasteiger partial charge in [-0.2, -0.15) is 0 Å². The van der Waals surface area contributed by atoms with E-state index in [0.29, 0.717) is 19.4 Å². The third-order valence-corrected chi connectivity index (χ3v) is 5.63. The van der Waals surface area contributed by atoms with Crippen LogP contribution >= 0.6 is 0 Å². The smallest absolute Gasteiger partial charge is 0.411 e. The highest BCUT2D eigenvalue weighted by Crippen LogP contribution is 2.42. The van der Waals surface area contributed by atoms with Crippen molar-refractivity contribution in [2.45, 2.75) is 64.2 Å². The predicted octanol–water partition coefficient (Wildman–Crippen LogP) is 5.21. The van der Waals surface area contributed by atoms with Gasteiger partial charge in [0, 0.05) is 19.4 Å². The van der Waals surface area contributed by atoms with Crippen LogP contribution in [-0.2, 0) is 16.8 Å². The largest absolute Gasteiger partial charge is 0.438 e. The molecular formula is C24H31NO3. The number of aryl methyl sites for hydroxylation is 1. The lowest BCUT2D eigenvalue weighted by Crippen LogP contribution is -2.51. The van der Waals surface area contributed by atoms with Gasteiger partial charge in [0.15, 0.2) is 0 Å². The summed E-state index contributed by atoms with van der Waals surface area (Å²) in [6.45, 7) is 8.27. The summed E-state index contributed by atoms with van der Waals surface area (Å²) in [6, 6.07) is 18.1. The Morgan fingerprint density at radius 2 is 1.79 bits per heavy atom. The normalized spacial score (nSPS) is 21.3. The third-order valence-electron chi connectivity index (χ3n) is 5.63. The van der Waals surface area contributed by atoms with Gasteiger partial charge in [0.05, 0.1) is 11.6 Å². The molecule has 1 aliphatic heterocycles. The Labute approximate surface area is 168 Å². The molecule has 2 aromatic rings. The van der Waals surface area contributed by atoms with Gasteiger partial charge >= 0.3 is 6.09 Å². The highest BCUT2D eigenvalue weighted by molar-refractivity contribution is 5.70. The molecule has 150 valence electrons. The zero-order valence-corrected chi connectivity index (χ0v) is 17.3. The fourth-order valence-electron chi connectivity index (χ4n) is 4.10. The molecule has 1 N–H and O–H groups in total. The van der Waals surface area contributed by atoms with Crippen molar-refractivity contribution in [2.24, 2.45) is 0 Å². The molecule has 3 rings (SSSR count). The zero-order chi connectivity index (χ0) is 20.4. The molecule has 1 heterocycles. The Hall–Kier alpha value is -2.33. The first kappa shape index (κ1) is 20.4. The van der Waals surface area contributed by atoms with Gasteiger partial charge in [-0.3, -0.25) is 0 Å². The second-order valence-electron chi connectivity index (χ2n) is 8.43. The fourth-order valence-corrected chi connectivity index (χ4v) is 4.10. The van der Waals surface area contributed by atoms with E-state index in [1.807, 2.05) is 37.3 Å². The Balaban J connectivity index is 1.83. The zero-order valence-electron chi connectivity index (χ0n) is 17.3. The number of amides is 1. The number of carbonyl (C=O) groups excluding carboxylic acids is 1. The number of hydrogen-bond donors (Lipinski definition) is 1. The van der Waals surface area contributed by atoms with Gasteiger partial charge in [-0.25, -0.2) is 4.79 Å². The van der Waals surface area contributed by atoms with Crippen molar-refractivity contribution in [1.29, 1.82) is 0 Å². The summed E-state index contributed by atoms with van der Waals surface area (Å²) in [7, 11) is 0. The molecular weight excluding hydrogens is 350 g/mol. The van der Waals surface area contributed by atoms with Crippen LogP contribution in [-0.4, -0.2) is 28.2 Å². The number of ether oxygens (including phenoxy) is 1. The number of aliphatic hydroxyl groups is 1. The van der Waals surface area contributed by atoms with E-state index in [1.54, 1.807) is 18.7 Å². The third kappa shape index (κ3) is 4.39. The molecule has 1 amide bonds. The minimum Gasteiger partial charge on any atom is -0.438 e. The first-order chi connectivity index (χ1) is 13.2. The Morgan fingerprint density at radius 1 is 1.14 bits per heavy atom. The van der Waals surface area contributed by atoms with E-state index < -0.39 is 11.2 Å². The number of benzene rings is 2. The molecule has 28 heavy (non-hydrogen) atoms. The Kier molecular flexibility index (Phi) is 5.80. The van der Waals surface area contributed by atoms with E-state index in [-0.39, 0.29) is 12.1 Å². The average Bonchev–Trinajstić information content (AvgIpc) is 2.67. The molecule has 0 bridgehead atoms. The van der Waals surface area contributed by atoms with E-state index in [0.717, 1.165) is 17.5 Å². The number of nitrogens with zero attached hydrogens (tertiary/aromatic N) is 1. The van der Waals surface area contributed by atoms with Gasteiger partial charge in [-0.1, -0.05) is 61.5 Å². The quantitative estimate of drug-likeness (QED) is 0.747. The van der Waals surface area contributed by atoms with E-state index >= 15 is 0 Å². The maximum Gasteiger partial charge on any atom is 0.411 e. The van der Waals surface area contributed by atoms with Crippen molar-refractivity contribution >= 4 is 6.09 Å². The van der Waals surface area contributed by atoms with Gasteiger partial charge in [-0.05, 0) is 43.9 Å². The van der Waals surface area contributed by atoms with Crippen LogP contribution in [0.4, 0.5) is 4.79 Å². The van der Waals surface area contributed by atoms with Crippen LogP contribution in [0.2, 0.25) is 0 Å². The summed E-state index contributed by atoms with van der Waals surface area (Å²) in [5.74, 6) is 0. The van der Waals surface area contributed by atoms with Crippen LogP contribution < -0.4 is 0 Å². The minimum absolute atomic E-state index is 0.0608. The van der Waals surface area contributed by atoms with Crippen LogP contribution in [0.3, 0.4) is 0 Å². The molecule has 4 nitrogen and oxygen atoms in total. The highest BCUT2D eigenvalue weighted by Gasteiger charge is 2.46. The summed E-state index contributed by atoms with van der Waals surface area (Å²) in [5, 5.41) is 10.5. The molecule has 0 saturated carbocycles. The summed E-state index contributed by atoms with van der Waals surface area (Å²) in [5.41, 5.74) is 1.57. The van der Waals surface area contributed by atoms with Crippen LogP contribution in [0.5, 0.6) is 0 Å². The van der Waals surface area contributed by atoms with Gasteiger partial charge in [0.1, 0.15) is 5.60 Å². The Morgan fingerprint density at radius 3 is 2.32 bits per heavy atom. The van der Waals surface area contributed by atoms with Crippen LogP contribution in [0.15, 0.2) is 54.6 Å². The standard InChI is InChI=1S/C24H31NO3/c1-5-19-11-13-20(14-12-19)18(2)25-16-15-24(28-22(25)26,17-23(3,4)27)21-9-7-6-8-10-21/h6-14,18,27H,5,15-17H2,1-4H3/t18-,24-/m0/s1. The van der Waals surface area contributed by atoms with Crippen molar-refractivity contribution < 1.29 is 14.6 Å². The Bertz CT molecular complexity index is 795. The van der Waals surface area contributed by atoms with E-state index in [9.17, 15) is 9.90 Å². The molecule has 0 unspecified atom stereocenters. The second-order valence-corrected chi connectivity index (χ2v) is 8.43. The van der Waals surface area contributed by atoms with Crippen molar-refractivity contribution in [3.63, 3.8) is 0 Å². The summed E-state index contributed by atoms with van der Waals surface area (Å²) in [6.07, 6.45) is 1.68. The minimum atomic E-state index is -0.945. The van der Waals surface area contributed by atoms with Crippen LogP contribution in [0, 0.1) is 0 Å². The summed E-state index contributed by atoms with van der Waals surface area (Å²) >= 11 is 0. The van der Waals surface area contributed by atoms with E-state index in [4.69, 9.17) is 4.74 Å². The average molecular weight is 382 g/mol. The molecule has 0 spiro atoms. The molecule has 4 heteroatoms. The topological polar surface area (TPSA) is 49.8 Å². The first-order valence-corrected chi connectivity index (χ1v) is 10.1. The summed E-state index contributed by atoms with van der Waals surface area (Å²) in [4.78, 5) is 14.8. The van der Waals surface area contributed by atoms with Crippen molar-refractivity contribution in [3.05, 3.63) is 71.3 Å². The lowest BCUT2D eigenvalue weighted by Gasteiger charge is -2.45. The second kappa shape index (κ2) is 7.96. The van der Waals surface area contributed by atoms with Crippen LogP contribution in [0.1, 0.15) is 63.3 Å². The molecule has 0 radical (unpaired) electrons. The van der Waals surface area contributed by atoms with Crippen molar-refractivity contribution in [2.75, 3.05) is 6.54 Å². The lowest BCUT2D eigenvalue weighted by atomic mass is 9.80. The first-order valence-electron chi connectivity index (χ1n) is 10.1. The van der Waals surface area contributed by atoms with Crippen molar-refractivity contribution in [1.82, 2.24) is 4.90 Å². The fraction of sp³-hybridized carbons (Fsp3) is 0.458. The molecule has 1 fully saturated rings. The number of rotatable bonds is 6. The van der Waals surface area contributed by atoms with Gasteiger partial charge in [0.2, 0.25) is 0 Å². The summed E-state index contributed by atoms with van der Waals surface area (Å²) < 4.78 is 6.06. The monoisotopic (exact) mass is 381 g/mol. The van der Waals surface area contributed by atoms with Gasteiger partial charge in [-0.15, -0.1) is 0 Å². The maximum absolute atomic E-state index is 13.0. The van der Waals surface area contributed by atoms with E-state index in [2.05, 4.69) is 31.2 Å². The van der Waals surface area contributed by atoms with Gasteiger partial charge in [0.25, 0.3) is 0 Å². The SMILES string of the molecule is CCc1ccc([C@H](C)N2CC[C@](CC(C)(C)O)(c3ccccc3)OC2=O)cc1. The number of cyclic esters (lactones) is 1. The number of hydrogen-bond acceptors (Lipinski definition) is 3. The predicted molar refractivity (Wildman–Crippen MR) is 111 cm³/mol. The number of carbonyl (C=O) groups is 1. The molecule has 1 aliphatic rings. The molecule has 2 atom stereocenters. The van der Waals surface area contributed by atoms with Gasteiger partial charge < -0.3 is 14.7 Å². The molecule has 1 saturated heterocycles. The van der Waals surface area contributed by atoms with E-state index in [1.165, 1.54) is 5.56 Å².